The van der Waals surface area contributed by atoms with Gasteiger partial charge in [-0.3, -0.25) is 14.8 Å². The first-order valence-corrected chi connectivity index (χ1v) is 18.2. The number of carbonyl (C=O) groups excluding carboxylic acids is 2. The third-order valence-electron chi connectivity index (χ3n) is 11.2. The van der Waals surface area contributed by atoms with Crippen molar-refractivity contribution in [3.63, 3.8) is 0 Å². The zero-order valence-electron chi connectivity index (χ0n) is 28.1. The minimum absolute atomic E-state index is 0.244. The normalized spacial score (nSPS) is 22.2. The second-order valence-corrected chi connectivity index (χ2v) is 15.6. The van der Waals surface area contributed by atoms with E-state index in [-0.39, 0.29) is 5.91 Å². The summed E-state index contributed by atoms with van der Waals surface area (Å²) >= 11 is 1.44. The fourth-order valence-electron chi connectivity index (χ4n) is 9.47. The number of aromatic nitrogens is 4. The van der Waals surface area contributed by atoms with Gasteiger partial charge in [-0.2, -0.15) is 5.10 Å². The van der Waals surface area contributed by atoms with Gasteiger partial charge in [0, 0.05) is 40.0 Å². The van der Waals surface area contributed by atoms with E-state index in [9.17, 15) is 9.59 Å². The molecule has 0 saturated heterocycles. The van der Waals surface area contributed by atoms with Crippen LogP contribution in [0.2, 0.25) is 0 Å². The van der Waals surface area contributed by atoms with Crippen LogP contribution in [0.25, 0.3) is 32.2 Å². The molecule has 3 aromatic carbocycles. The lowest BCUT2D eigenvalue weighted by molar-refractivity contribution is -0.0638. The first-order chi connectivity index (χ1) is 24.3. The van der Waals surface area contributed by atoms with E-state index in [2.05, 4.69) is 27.2 Å². The van der Waals surface area contributed by atoms with Crippen LogP contribution in [0.5, 0.6) is 0 Å². The van der Waals surface area contributed by atoms with Crippen LogP contribution in [0.15, 0.2) is 79.0 Å². The number of ether oxygens (including phenoxy) is 1. The van der Waals surface area contributed by atoms with Gasteiger partial charge in [0.15, 0.2) is 5.13 Å². The van der Waals surface area contributed by atoms with Crippen molar-refractivity contribution < 1.29 is 14.3 Å². The highest BCUT2D eigenvalue weighted by molar-refractivity contribution is 7.22. The average Bonchev–Trinajstić information content (AvgIpc) is 3.68. The van der Waals surface area contributed by atoms with Gasteiger partial charge >= 0.3 is 5.97 Å². The van der Waals surface area contributed by atoms with E-state index in [0.717, 1.165) is 51.3 Å². The highest BCUT2D eigenvalue weighted by atomic mass is 32.1. The number of benzene rings is 3. The van der Waals surface area contributed by atoms with Gasteiger partial charge in [0.1, 0.15) is 5.82 Å². The molecule has 50 heavy (non-hydrogen) atoms. The Bertz CT molecular complexity index is 2240. The van der Waals surface area contributed by atoms with E-state index >= 15 is 0 Å². The van der Waals surface area contributed by atoms with Crippen molar-refractivity contribution in [3.8, 4) is 11.1 Å². The number of methoxy groups -OCH3 is 1. The Balaban J connectivity index is 0.971. The van der Waals surface area contributed by atoms with Crippen LogP contribution in [-0.2, 0) is 11.3 Å². The van der Waals surface area contributed by atoms with Crippen molar-refractivity contribution in [3.05, 3.63) is 95.8 Å². The Labute approximate surface area is 294 Å². The summed E-state index contributed by atoms with van der Waals surface area (Å²) in [4.78, 5) is 35.8. The summed E-state index contributed by atoms with van der Waals surface area (Å²) in [7, 11) is 1.41. The summed E-state index contributed by atoms with van der Waals surface area (Å²) in [5.41, 5.74) is 6.36. The van der Waals surface area contributed by atoms with Gasteiger partial charge in [-0.05, 0) is 117 Å². The van der Waals surface area contributed by atoms with Crippen LogP contribution < -0.4 is 10.6 Å². The Morgan fingerprint density at radius 1 is 0.900 bits per heavy atom. The lowest BCUT2D eigenvalue weighted by Gasteiger charge is -2.56. The van der Waals surface area contributed by atoms with Gasteiger partial charge in [-0.25, -0.2) is 14.8 Å². The Hall–Kier alpha value is -5.09. The van der Waals surface area contributed by atoms with Gasteiger partial charge in [0.05, 0.1) is 34.6 Å². The summed E-state index contributed by atoms with van der Waals surface area (Å²) in [6.45, 7) is 3.07. The van der Waals surface area contributed by atoms with E-state index in [1.165, 1.54) is 57.0 Å². The van der Waals surface area contributed by atoms with Crippen molar-refractivity contribution in [1.29, 1.82) is 0 Å². The van der Waals surface area contributed by atoms with E-state index in [1.54, 1.807) is 12.1 Å². The molecule has 3 heterocycles. The molecular formula is C40H38N6O3S. The monoisotopic (exact) mass is 682 g/mol. The second kappa shape index (κ2) is 12.1. The number of para-hydroxylation sites is 1. The van der Waals surface area contributed by atoms with Gasteiger partial charge < -0.3 is 10.1 Å². The van der Waals surface area contributed by atoms with Crippen LogP contribution in [0.1, 0.15) is 64.9 Å². The van der Waals surface area contributed by atoms with Crippen molar-refractivity contribution in [2.75, 3.05) is 17.7 Å². The van der Waals surface area contributed by atoms with E-state index in [1.807, 2.05) is 66.9 Å². The molecule has 1 amide bonds. The van der Waals surface area contributed by atoms with Gasteiger partial charge in [0.25, 0.3) is 5.91 Å². The van der Waals surface area contributed by atoms with Crippen LogP contribution in [0.3, 0.4) is 0 Å². The number of rotatable bonds is 8. The number of nitrogens with zero attached hydrogens (tertiary/aromatic N) is 4. The fourth-order valence-corrected chi connectivity index (χ4v) is 10.3. The number of thiazole rings is 1. The number of hydrogen-bond donors (Lipinski definition) is 2. The molecule has 0 aliphatic heterocycles. The predicted molar refractivity (Wildman–Crippen MR) is 197 cm³/mol. The molecular weight excluding hydrogens is 645 g/mol. The van der Waals surface area contributed by atoms with E-state index in [4.69, 9.17) is 14.8 Å². The number of pyridine rings is 1. The summed E-state index contributed by atoms with van der Waals surface area (Å²) in [5, 5.41) is 12.4. The molecule has 2 N–H and O–H groups in total. The Morgan fingerprint density at radius 2 is 1.68 bits per heavy atom. The van der Waals surface area contributed by atoms with Gasteiger partial charge in [0.2, 0.25) is 0 Å². The highest BCUT2D eigenvalue weighted by Crippen LogP contribution is 2.60. The first-order valence-electron chi connectivity index (χ1n) is 17.4. The molecule has 10 rings (SSSR count). The van der Waals surface area contributed by atoms with Crippen molar-refractivity contribution in [2.24, 2.45) is 23.2 Å². The maximum atomic E-state index is 13.4. The summed E-state index contributed by atoms with van der Waals surface area (Å²) < 4.78 is 8.52. The zero-order chi connectivity index (χ0) is 34.0. The molecule has 4 fully saturated rings. The van der Waals surface area contributed by atoms with Crippen molar-refractivity contribution in [2.45, 2.75) is 52.0 Å². The fraction of sp³-hybridized carbons (Fsp3) is 0.325. The quantitative estimate of drug-likeness (QED) is 0.154. The van der Waals surface area contributed by atoms with Crippen LogP contribution in [0.4, 0.5) is 16.6 Å². The molecule has 9 nitrogen and oxygen atoms in total. The first kappa shape index (κ1) is 30.9. The third-order valence-corrected chi connectivity index (χ3v) is 12.2. The SMILES string of the molecule is COC(=O)c1c(-c2cnn(CC34CC5CC(CC(C5)C3)C4)c2C)ccc2nc(Nc3cccc(C(=O)Nc4nc5ccccc5s4)c3)ccc12. The van der Waals surface area contributed by atoms with Crippen LogP contribution in [0, 0.1) is 30.1 Å². The molecule has 6 aromatic rings. The second-order valence-electron chi connectivity index (χ2n) is 14.6. The van der Waals surface area contributed by atoms with Crippen LogP contribution in [-0.4, -0.2) is 38.7 Å². The number of carbonyl (C=O) groups is 2. The topological polar surface area (TPSA) is 111 Å². The lowest BCUT2D eigenvalue weighted by atomic mass is 9.49. The smallest absolute Gasteiger partial charge is 0.339 e. The number of anilines is 3. The molecule has 4 bridgehead atoms. The predicted octanol–water partition coefficient (Wildman–Crippen LogP) is 9.02. The standard InChI is InChI=1S/C40H38N6O3S/c1-23-31(21-41-46(23)22-40-18-24-14-25(19-40)16-26(15-24)20-40)29-10-12-32-30(36(29)38(48)49-2)11-13-35(43-32)42-28-7-5-6-27(17-28)37(47)45-39-44-33-8-3-4-9-34(33)50-39/h3-13,17,21,24-26H,14-16,18-20,22H2,1-2H3,(H,42,43)(H,44,45,47). The number of nitrogens with one attached hydrogen (secondary N) is 2. The molecule has 3 aromatic heterocycles. The van der Waals surface area contributed by atoms with Crippen molar-refractivity contribution in [1.82, 2.24) is 19.7 Å². The van der Waals surface area contributed by atoms with E-state index in [0.29, 0.717) is 44.1 Å². The molecule has 0 unspecified atom stereocenters. The highest BCUT2D eigenvalue weighted by Gasteiger charge is 2.51. The molecule has 0 atom stereocenters. The number of esters is 1. The maximum absolute atomic E-state index is 13.4. The number of hydrogen-bond acceptors (Lipinski definition) is 8. The summed E-state index contributed by atoms with van der Waals surface area (Å²) in [5.74, 6) is 2.58. The molecule has 0 radical (unpaired) electrons. The Morgan fingerprint density at radius 3 is 2.44 bits per heavy atom. The Kier molecular flexibility index (Phi) is 7.45. The minimum atomic E-state index is -0.409. The lowest BCUT2D eigenvalue weighted by Crippen LogP contribution is -2.48. The molecule has 4 aliphatic carbocycles. The van der Waals surface area contributed by atoms with Gasteiger partial charge in [-0.1, -0.05) is 35.6 Å². The van der Waals surface area contributed by atoms with E-state index < -0.39 is 5.97 Å². The van der Waals surface area contributed by atoms with Gasteiger partial charge in [-0.15, -0.1) is 0 Å². The molecule has 4 aliphatic rings. The van der Waals surface area contributed by atoms with Crippen molar-refractivity contribution >= 4 is 61.0 Å². The minimum Gasteiger partial charge on any atom is -0.465 e. The number of fused-ring (bicyclic) bond motifs is 2. The van der Waals surface area contributed by atoms with Crippen LogP contribution >= 0.6 is 11.3 Å². The summed E-state index contributed by atoms with van der Waals surface area (Å²) in [6, 6.07) is 22.7. The maximum Gasteiger partial charge on any atom is 0.339 e. The molecule has 10 heteroatoms. The number of amides is 1. The molecule has 0 spiro atoms. The summed E-state index contributed by atoms with van der Waals surface area (Å²) in [6.07, 6.45) is 10.1. The third kappa shape index (κ3) is 5.51. The molecule has 252 valence electrons. The molecule has 4 saturated carbocycles. The average molecular weight is 683 g/mol. The zero-order valence-corrected chi connectivity index (χ0v) is 28.9. The largest absolute Gasteiger partial charge is 0.465 e.